The first-order valence-electron chi connectivity index (χ1n) is 0. The molecule has 0 unspecified atom stereocenters. The van der Waals surface area contributed by atoms with Crippen molar-refractivity contribution in [1.29, 1.82) is 0 Å². The second kappa shape index (κ2) is 97.5. The average molecular weight is 382 g/mol. The average Bonchev–Trinajstić information content (AvgIpc) is 0. The van der Waals surface area contributed by atoms with Gasteiger partial charge in [-0.15, -0.1) is 0 Å². The van der Waals surface area contributed by atoms with E-state index in [1.54, 1.807) is 0 Å². The van der Waals surface area contributed by atoms with E-state index in [0.717, 1.165) is 0 Å². The number of hydrogen-bond acceptors (Lipinski definition) is 2. The molecule has 58 valence electrons. The summed E-state index contributed by atoms with van der Waals surface area (Å²) in [6.07, 6.45) is 0. The van der Waals surface area contributed by atoms with E-state index in [2.05, 4.69) is 0 Å². The van der Waals surface area contributed by atoms with Gasteiger partial charge in [-0.05, 0) is 0 Å². The Labute approximate surface area is 86.9 Å². The van der Waals surface area contributed by atoms with Crippen molar-refractivity contribution in [3.8, 4) is 0 Å². The van der Waals surface area contributed by atoms with E-state index >= 15 is 0 Å². The molecular weight excluding hydrogens is 376 g/mol. The van der Waals surface area contributed by atoms with Crippen LogP contribution in [0.3, 0.4) is 0 Å². The van der Waals surface area contributed by atoms with Crippen LogP contribution in [0, 0.1) is 0 Å². The van der Waals surface area contributed by atoms with Crippen molar-refractivity contribution < 1.29 is 87.7 Å². The Hall–Kier alpha value is 2.01. The molecule has 7 heavy (non-hydrogen) atoms. The van der Waals surface area contributed by atoms with Crippen molar-refractivity contribution in [3.05, 3.63) is 0 Å². The predicted octanol–water partition coefficient (Wildman–Crippen LogP) is -2.01. The van der Waals surface area contributed by atoms with Crippen LogP contribution < -0.4 is 0 Å². The Morgan fingerprint density at radius 1 is 0.571 bits per heavy atom. The molecule has 0 heterocycles. The molecule has 7 heteroatoms. The Kier molecular flexibility index (Phi) is 1990. The van der Waals surface area contributed by atoms with Gasteiger partial charge in [0.25, 0.3) is 0 Å². The maximum Gasteiger partial charge on any atom is 1.00 e. The minimum Gasteiger partial charge on any atom is -0.870 e. The summed E-state index contributed by atoms with van der Waals surface area (Å²) in [6.45, 7) is 0. The molecule has 0 aliphatic heterocycles. The van der Waals surface area contributed by atoms with E-state index < -0.39 is 0 Å². The molecule has 0 spiro atoms. The molecule has 4 nitrogen and oxygen atoms in total. The molecule has 0 saturated carbocycles. The van der Waals surface area contributed by atoms with Crippen molar-refractivity contribution in [3.63, 3.8) is 0 Å². The minimum atomic E-state index is 0. The molecule has 0 saturated heterocycles. The van der Waals surface area contributed by atoms with Crippen LogP contribution in [-0.4, -0.2) is 21.9 Å². The normalized spacial score (nSPS) is 0. The van der Waals surface area contributed by atoms with Crippen LogP contribution in [0.5, 0.6) is 0 Å². The van der Waals surface area contributed by atoms with E-state index in [1.807, 2.05) is 0 Å². The maximum absolute atomic E-state index is 0. The number of hydrogen-bond donors (Lipinski definition) is 0. The Morgan fingerprint density at radius 3 is 0.571 bits per heavy atom. The summed E-state index contributed by atoms with van der Waals surface area (Å²) in [6, 6.07) is 0. The molecule has 0 aromatic rings. The second-order valence-corrected chi connectivity index (χ2v) is 0. The standard InChI is InChI=1S/2Ag.Mo.4H2O/h;;;4*1H2/q2*+1;;;;;/p-2. The summed E-state index contributed by atoms with van der Waals surface area (Å²) >= 11 is 0. The molecule has 0 radical (unpaired) electrons. The first-order valence-corrected chi connectivity index (χ1v) is 0. The first-order chi connectivity index (χ1) is 0. The third kappa shape index (κ3) is 71.7. The Morgan fingerprint density at radius 2 is 0.571 bits per heavy atom. The van der Waals surface area contributed by atoms with Gasteiger partial charge in [0, 0.05) is 21.1 Å². The van der Waals surface area contributed by atoms with Crippen molar-refractivity contribution in [2.24, 2.45) is 0 Å². The van der Waals surface area contributed by atoms with Gasteiger partial charge >= 0.3 is 44.8 Å². The fourth-order valence-electron chi connectivity index (χ4n) is 0. The molecule has 6 N–H and O–H groups in total. The van der Waals surface area contributed by atoms with Crippen LogP contribution in [0.4, 0.5) is 0 Å². The molecule has 0 bridgehead atoms. The van der Waals surface area contributed by atoms with E-state index in [-0.39, 0.29) is 87.7 Å². The monoisotopic (exact) mass is 382 g/mol. The molecular formula is H6Ag2MoO4. The van der Waals surface area contributed by atoms with Crippen molar-refractivity contribution >= 4 is 0 Å². The SMILES string of the molecule is O.O.[Ag+].[Ag+].[Mo].[OH-].[OH-]. The van der Waals surface area contributed by atoms with Crippen LogP contribution in [0.1, 0.15) is 0 Å². The molecule has 0 aliphatic carbocycles. The van der Waals surface area contributed by atoms with Gasteiger partial charge in [-0.3, -0.25) is 0 Å². The summed E-state index contributed by atoms with van der Waals surface area (Å²) in [7, 11) is 0. The fraction of sp³-hybridized carbons (Fsp3) is 0. The van der Waals surface area contributed by atoms with Crippen LogP contribution in [0.2, 0.25) is 0 Å². The third-order valence-corrected chi connectivity index (χ3v) is 0. The quantitative estimate of drug-likeness (QED) is 0.450. The predicted molar refractivity (Wildman–Crippen MR) is 11.1 cm³/mol. The van der Waals surface area contributed by atoms with Crippen LogP contribution in [0.15, 0.2) is 0 Å². The zero-order valence-corrected chi connectivity index (χ0v) is 7.88. The molecule has 0 fully saturated rings. The van der Waals surface area contributed by atoms with Crippen LogP contribution >= 0.6 is 0 Å². The summed E-state index contributed by atoms with van der Waals surface area (Å²) in [5, 5.41) is 0. The van der Waals surface area contributed by atoms with E-state index in [0.29, 0.717) is 0 Å². The molecule has 0 rings (SSSR count). The fourth-order valence-corrected chi connectivity index (χ4v) is 0. The third-order valence-electron chi connectivity index (χ3n) is 0. The Balaban J connectivity index is 0. The van der Waals surface area contributed by atoms with Crippen molar-refractivity contribution in [2.45, 2.75) is 0 Å². The van der Waals surface area contributed by atoms with E-state index in [1.165, 1.54) is 0 Å². The summed E-state index contributed by atoms with van der Waals surface area (Å²) in [5.41, 5.74) is 0. The first kappa shape index (κ1) is 143. The maximum atomic E-state index is 0. The van der Waals surface area contributed by atoms with E-state index in [9.17, 15) is 0 Å². The molecule has 0 atom stereocenters. The molecule has 0 aromatic carbocycles. The smallest absolute Gasteiger partial charge is 0.870 e. The number of rotatable bonds is 0. The zero-order chi connectivity index (χ0) is 0. The van der Waals surface area contributed by atoms with Gasteiger partial charge in [-0.1, -0.05) is 0 Å². The van der Waals surface area contributed by atoms with Crippen LogP contribution in [-0.2, 0) is 65.8 Å². The van der Waals surface area contributed by atoms with Gasteiger partial charge in [-0.25, -0.2) is 0 Å². The van der Waals surface area contributed by atoms with Gasteiger partial charge in [-0.2, -0.15) is 0 Å². The molecule has 0 aromatic heterocycles. The van der Waals surface area contributed by atoms with Gasteiger partial charge in [0.1, 0.15) is 0 Å². The van der Waals surface area contributed by atoms with Gasteiger partial charge in [0.2, 0.25) is 0 Å². The summed E-state index contributed by atoms with van der Waals surface area (Å²) in [5.74, 6) is 0. The van der Waals surface area contributed by atoms with Gasteiger partial charge < -0.3 is 21.9 Å². The summed E-state index contributed by atoms with van der Waals surface area (Å²) in [4.78, 5) is 0. The topological polar surface area (TPSA) is 123 Å². The van der Waals surface area contributed by atoms with Gasteiger partial charge in [0.05, 0.1) is 0 Å². The zero-order valence-electron chi connectivity index (χ0n) is 2.91. The largest absolute Gasteiger partial charge is 1.00 e. The Bertz CT molecular complexity index is 9.65. The van der Waals surface area contributed by atoms with Gasteiger partial charge in [0.15, 0.2) is 0 Å². The van der Waals surface area contributed by atoms with Crippen molar-refractivity contribution in [2.75, 3.05) is 0 Å². The van der Waals surface area contributed by atoms with Crippen molar-refractivity contribution in [1.82, 2.24) is 0 Å². The second-order valence-electron chi connectivity index (χ2n) is 0. The minimum absolute atomic E-state index is 0. The molecule has 0 aliphatic rings. The summed E-state index contributed by atoms with van der Waals surface area (Å²) < 4.78 is 0. The molecule has 0 amide bonds. The van der Waals surface area contributed by atoms with Crippen LogP contribution in [0.25, 0.3) is 0 Å². The van der Waals surface area contributed by atoms with E-state index in [4.69, 9.17) is 0 Å².